The number of aromatic nitrogens is 1. The number of rotatable bonds is 1. The van der Waals surface area contributed by atoms with Gasteiger partial charge in [0.05, 0.1) is 0 Å². The Balaban J connectivity index is 2.67. The van der Waals surface area contributed by atoms with E-state index in [2.05, 4.69) is 4.98 Å². The molecule has 0 atom stereocenters. The normalized spacial score (nSPS) is 9.44. The average Bonchev–Trinajstić information content (AvgIpc) is 2.67. The van der Waals surface area contributed by atoms with Gasteiger partial charge in [0.1, 0.15) is 17.7 Å². The molecule has 1 aromatic heterocycles. The first-order valence-corrected chi connectivity index (χ1v) is 4.85. The average molecular weight is 207 g/mol. The number of aryl methyl sites for hydroxylation is 1. The third-order valence-electron chi connectivity index (χ3n) is 2.37. The smallest absolute Gasteiger partial charge is 0.130 e. The molecule has 0 radical (unpaired) electrons. The number of hydrogen-bond donors (Lipinski definition) is 1. The maximum atomic E-state index is 8.72. The van der Waals surface area contributed by atoms with Crippen LogP contribution in [0.4, 0.5) is 0 Å². The minimum Gasteiger partial charge on any atom is -0.359 e. The Hall–Kier alpha value is -2.52. The molecule has 0 bridgehead atoms. The van der Waals surface area contributed by atoms with Crippen LogP contribution in [0, 0.1) is 29.6 Å². The van der Waals surface area contributed by atoms with E-state index in [9.17, 15) is 0 Å². The van der Waals surface area contributed by atoms with Crippen LogP contribution in [-0.2, 0) is 0 Å². The van der Waals surface area contributed by atoms with E-state index in [0.717, 1.165) is 22.2 Å². The van der Waals surface area contributed by atoms with Gasteiger partial charge in [0, 0.05) is 16.6 Å². The second-order valence-corrected chi connectivity index (χ2v) is 3.54. The highest BCUT2D eigenvalue weighted by molar-refractivity contribution is 5.90. The molecular formula is C13H9N3. The molecule has 0 aliphatic carbocycles. The van der Waals surface area contributed by atoms with E-state index in [1.165, 1.54) is 0 Å². The lowest BCUT2D eigenvalue weighted by Crippen LogP contribution is -1.77. The van der Waals surface area contributed by atoms with Gasteiger partial charge in [-0.15, -0.1) is 0 Å². The summed E-state index contributed by atoms with van der Waals surface area (Å²) in [6, 6.07) is 11.5. The number of H-pyrrole nitrogens is 1. The standard InChI is InChI=1S/C13H9N3/c1-9-5-12-11(6-10(7-14)8-15)3-2-4-13(12)16-9/h2-6,16H,1H3. The third-order valence-corrected chi connectivity index (χ3v) is 2.37. The van der Waals surface area contributed by atoms with Crippen molar-refractivity contribution in [3.05, 3.63) is 41.1 Å². The van der Waals surface area contributed by atoms with E-state index >= 15 is 0 Å². The molecule has 2 aromatic rings. The van der Waals surface area contributed by atoms with Gasteiger partial charge in [-0.25, -0.2) is 0 Å². The van der Waals surface area contributed by atoms with Crippen molar-refractivity contribution in [2.24, 2.45) is 0 Å². The highest BCUT2D eigenvalue weighted by Crippen LogP contribution is 2.21. The zero-order chi connectivity index (χ0) is 11.5. The van der Waals surface area contributed by atoms with Crippen molar-refractivity contribution in [1.29, 1.82) is 10.5 Å². The summed E-state index contributed by atoms with van der Waals surface area (Å²) in [5, 5.41) is 18.5. The predicted octanol–water partition coefficient (Wildman–Crippen LogP) is 2.91. The van der Waals surface area contributed by atoms with Gasteiger partial charge in [-0.1, -0.05) is 12.1 Å². The first-order valence-electron chi connectivity index (χ1n) is 4.85. The molecular weight excluding hydrogens is 198 g/mol. The zero-order valence-corrected chi connectivity index (χ0v) is 8.78. The number of nitrogens with zero attached hydrogens (tertiary/aromatic N) is 2. The molecule has 0 saturated carbocycles. The molecule has 1 aromatic carbocycles. The van der Waals surface area contributed by atoms with Gasteiger partial charge in [-0.3, -0.25) is 0 Å². The van der Waals surface area contributed by atoms with Crippen LogP contribution in [-0.4, -0.2) is 4.98 Å². The lowest BCUT2D eigenvalue weighted by molar-refractivity contribution is 1.30. The van der Waals surface area contributed by atoms with Crippen LogP contribution >= 0.6 is 0 Å². The molecule has 1 heterocycles. The number of nitriles is 2. The summed E-state index contributed by atoms with van der Waals surface area (Å²) in [5.41, 5.74) is 3.08. The van der Waals surface area contributed by atoms with Gasteiger partial charge >= 0.3 is 0 Å². The Labute approximate surface area is 93.2 Å². The van der Waals surface area contributed by atoms with Crippen LogP contribution < -0.4 is 0 Å². The molecule has 76 valence electrons. The van der Waals surface area contributed by atoms with Gasteiger partial charge in [0.2, 0.25) is 0 Å². The Morgan fingerprint density at radius 1 is 1.31 bits per heavy atom. The number of hydrogen-bond acceptors (Lipinski definition) is 2. The summed E-state index contributed by atoms with van der Waals surface area (Å²) in [4.78, 5) is 3.21. The van der Waals surface area contributed by atoms with E-state index in [-0.39, 0.29) is 5.57 Å². The maximum Gasteiger partial charge on any atom is 0.130 e. The van der Waals surface area contributed by atoms with Gasteiger partial charge in [0.15, 0.2) is 0 Å². The van der Waals surface area contributed by atoms with Crippen LogP contribution in [0.3, 0.4) is 0 Å². The highest BCUT2D eigenvalue weighted by atomic mass is 14.7. The SMILES string of the molecule is Cc1cc2c(C=C(C#N)C#N)cccc2[nH]1. The number of allylic oxidation sites excluding steroid dienone is 1. The highest BCUT2D eigenvalue weighted by Gasteiger charge is 2.02. The lowest BCUT2D eigenvalue weighted by Gasteiger charge is -1.95. The van der Waals surface area contributed by atoms with E-state index in [0.29, 0.717) is 0 Å². The number of benzene rings is 1. The molecule has 0 spiro atoms. The van der Waals surface area contributed by atoms with Gasteiger partial charge in [0.25, 0.3) is 0 Å². The molecule has 0 saturated heterocycles. The molecule has 3 heteroatoms. The number of fused-ring (bicyclic) bond motifs is 1. The summed E-state index contributed by atoms with van der Waals surface area (Å²) in [6.45, 7) is 1.98. The van der Waals surface area contributed by atoms with Crippen molar-refractivity contribution in [3.8, 4) is 12.1 Å². The quantitative estimate of drug-likeness (QED) is 0.730. The topological polar surface area (TPSA) is 63.4 Å². The van der Waals surface area contributed by atoms with Crippen LogP contribution in [0.25, 0.3) is 17.0 Å². The Kier molecular flexibility index (Phi) is 2.45. The first-order chi connectivity index (χ1) is 7.74. The van der Waals surface area contributed by atoms with Crippen LogP contribution in [0.2, 0.25) is 0 Å². The minimum atomic E-state index is 0.117. The largest absolute Gasteiger partial charge is 0.359 e. The molecule has 16 heavy (non-hydrogen) atoms. The fourth-order valence-electron chi connectivity index (χ4n) is 1.69. The molecule has 0 amide bonds. The summed E-state index contributed by atoms with van der Waals surface area (Å²) in [5.74, 6) is 0. The van der Waals surface area contributed by atoms with E-state index in [1.807, 2.05) is 43.3 Å². The summed E-state index contributed by atoms with van der Waals surface area (Å²) in [6.07, 6.45) is 1.61. The molecule has 2 rings (SSSR count). The van der Waals surface area contributed by atoms with E-state index in [4.69, 9.17) is 10.5 Å². The Morgan fingerprint density at radius 2 is 2.06 bits per heavy atom. The maximum absolute atomic E-state index is 8.72. The molecule has 1 N–H and O–H groups in total. The van der Waals surface area contributed by atoms with Gasteiger partial charge in [-0.05, 0) is 30.7 Å². The summed E-state index contributed by atoms with van der Waals surface area (Å²) < 4.78 is 0. The first kappa shape index (κ1) is 10.0. The van der Waals surface area contributed by atoms with Crippen molar-refractivity contribution in [2.75, 3.05) is 0 Å². The van der Waals surface area contributed by atoms with E-state index < -0.39 is 0 Å². The van der Waals surface area contributed by atoms with Gasteiger partial charge < -0.3 is 4.98 Å². The van der Waals surface area contributed by atoms with Crippen LogP contribution in [0.1, 0.15) is 11.3 Å². The lowest BCUT2D eigenvalue weighted by atomic mass is 10.1. The van der Waals surface area contributed by atoms with Crippen LogP contribution in [0.15, 0.2) is 29.8 Å². The van der Waals surface area contributed by atoms with Gasteiger partial charge in [-0.2, -0.15) is 10.5 Å². The second kappa shape index (κ2) is 3.92. The van der Waals surface area contributed by atoms with Crippen molar-refractivity contribution < 1.29 is 0 Å². The fraction of sp³-hybridized carbons (Fsp3) is 0.0769. The van der Waals surface area contributed by atoms with Crippen molar-refractivity contribution >= 4 is 17.0 Å². The molecule has 0 fully saturated rings. The predicted molar refractivity (Wildman–Crippen MR) is 62.2 cm³/mol. The van der Waals surface area contributed by atoms with Crippen molar-refractivity contribution in [1.82, 2.24) is 4.98 Å². The molecule has 0 aliphatic heterocycles. The monoisotopic (exact) mass is 207 g/mol. The fourth-order valence-corrected chi connectivity index (χ4v) is 1.69. The third kappa shape index (κ3) is 1.67. The number of aromatic amines is 1. The van der Waals surface area contributed by atoms with Crippen LogP contribution in [0.5, 0.6) is 0 Å². The Bertz CT molecular complexity index is 632. The Morgan fingerprint density at radius 3 is 2.75 bits per heavy atom. The second-order valence-electron chi connectivity index (χ2n) is 3.54. The molecule has 0 aliphatic rings. The van der Waals surface area contributed by atoms with E-state index in [1.54, 1.807) is 6.08 Å². The molecule has 0 unspecified atom stereocenters. The number of nitrogens with one attached hydrogen (secondary N) is 1. The zero-order valence-electron chi connectivity index (χ0n) is 8.78. The summed E-state index contributed by atoms with van der Waals surface area (Å²) >= 11 is 0. The van der Waals surface area contributed by atoms with Crippen molar-refractivity contribution in [2.45, 2.75) is 6.92 Å². The minimum absolute atomic E-state index is 0.117. The van der Waals surface area contributed by atoms with Crippen molar-refractivity contribution in [3.63, 3.8) is 0 Å². The molecule has 3 nitrogen and oxygen atoms in total. The summed E-state index contributed by atoms with van der Waals surface area (Å²) in [7, 11) is 0.